The number of benzene rings is 2. The van der Waals surface area contributed by atoms with Crippen LogP contribution in [0, 0.1) is 20.8 Å². The van der Waals surface area contributed by atoms with E-state index < -0.39 is 0 Å². The van der Waals surface area contributed by atoms with Gasteiger partial charge in [0.15, 0.2) is 0 Å². The predicted octanol–water partition coefficient (Wildman–Crippen LogP) is 4.89. The molecule has 0 atom stereocenters. The topological polar surface area (TPSA) is 38.9 Å². The lowest BCUT2D eigenvalue weighted by Gasteiger charge is -2.11. The molecule has 0 fully saturated rings. The van der Waals surface area contributed by atoms with Gasteiger partial charge in [-0.25, -0.2) is 0 Å². The summed E-state index contributed by atoms with van der Waals surface area (Å²) >= 11 is 1.79. The molecule has 2 N–H and O–H groups in total. The number of fused-ring (bicyclic) bond motifs is 1. The van der Waals surface area contributed by atoms with Crippen molar-refractivity contribution in [2.45, 2.75) is 30.6 Å². The van der Waals surface area contributed by atoms with Gasteiger partial charge in [-0.15, -0.1) is 0 Å². The summed E-state index contributed by atoms with van der Waals surface area (Å²) in [6.07, 6.45) is 0. The fourth-order valence-electron chi connectivity index (χ4n) is 2.36. The summed E-state index contributed by atoms with van der Waals surface area (Å²) in [6, 6.07) is 14.6. The summed E-state index contributed by atoms with van der Waals surface area (Å²) in [6.45, 7) is 6.30. The Hall–Kier alpha value is -2.00. The highest BCUT2D eigenvalue weighted by Crippen LogP contribution is 2.36. The van der Waals surface area contributed by atoms with Crippen LogP contribution in [-0.2, 0) is 0 Å². The quantitative estimate of drug-likeness (QED) is 0.684. The first-order valence-corrected chi connectivity index (χ1v) is 7.76. The SMILES string of the molecule is Cc1ccc(C)c(Sc2cc(C)nc3ccc(N)cc23)c1. The molecule has 0 saturated heterocycles. The first-order chi connectivity index (χ1) is 10.0. The smallest absolute Gasteiger partial charge is 0.0718 e. The molecule has 0 spiro atoms. The lowest BCUT2D eigenvalue weighted by molar-refractivity contribution is 1.21. The predicted molar refractivity (Wildman–Crippen MR) is 90.9 cm³/mol. The van der Waals surface area contributed by atoms with E-state index in [1.54, 1.807) is 11.8 Å². The monoisotopic (exact) mass is 294 g/mol. The number of anilines is 1. The maximum atomic E-state index is 5.94. The Bertz CT molecular complexity index is 825. The van der Waals surface area contributed by atoms with Crippen LogP contribution in [0.25, 0.3) is 10.9 Å². The van der Waals surface area contributed by atoms with Crippen molar-refractivity contribution in [3.05, 3.63) is 59.3 Å². The Morgan fingerprint density at radius 1 is 0.905 bits per heavy atom. The van der Waals surface area contributed by atoms with Crippen LogP contribution in [0.5, 0.6) is 0 Å². The van der Waals surface area contributed by atoms with Gasteiger partial charge in [-0.1, -0.05) is 23.9 Å². The molecule has 106 valence electrons. The van der Waals surface area contributed by atoms with Gasteiger partial charge in [0.2, 0.25) is 0 Å². The van der Waals surface area contributed by atoms with Crippen molar-refractivity contribution in [3.63, 3.8) is 0 Å². The average Bonchev–Trinajstić information content (AvgIpc) is 2.43. The minimum Gasteiger partial charge on any atom is -0.399 e. The maximum Gasteiger partial charge on any atom is 0.0718 e. The van der Waals surface area contributed by atoms with Crippen molar-refractivity contribution in [1.29, 1.82) is 0 Å². The standard InChI is InChI=1S/C18H18N2S/c1-11-4-5-12(2)17(8-11)21-18-9-13(3)20-16-7-6-14(19)10-15(16)18/h4-10H,19H2,1-3H3. The van der Waals surface area contributed by atoms with Crippen LogP contribution in [0.2, 0.25) is 0 Å². The van der Waals surface area contributed by atoms with Gasteiger partial charge in [-0.05, 0) is 62.2 Å². The Morgan fingerprint density at radius 2 is 1.71 bits per heavy atom. The van der Waals surface area contributed by atoms with Gasteiger partial charge < -0.3 is 5.73 Å². The fourth-order valence-corrected chi connectivity index (χ4v) is 3.57. The lowest BCUT2D eigenvalue weighted by Crippen LogP contribution is -1.90. The summed E-state index contributed by atoms with van der Waals surface area (Å²) in [7, 11) is 0. The first kappa shape index (κ1) is 14.0. The van der Waals surface area contributed by atoms with E-state index in [-0.39, 0.29) is 0 Å². The summed E-state index contributed by atoms with van der Waals surface area (Å²) in [5.41, 5.74) is 11.3. The van der Waals surface area contributed by atoms with Gasteiger partial charge in [0, 0.05) is 26.6 Å². The van der Waals surface area contributed by atoms with Crippen molar-refractivity contribution in [2.75, 3.05) is 5.73 Å². The van der Waals surface area contributed by atoms with Crippen LogP contribution in [0.4, 0.5) is 5.69 Å². The molecule has 0 radical (unpaired) electrons. The second-order valence-electron chi connectivity index (χ2n) is 5.41. The summed E-state index contributed by atoms with van der Waals surface area (Å²) in [5, 5.41) is 1.12. The largest absolute Gasteiger partial charge is 0.399 e. The number of hydrogen-bond acceptors (Lipinski definition) is 3. The van der Waals surface area contributed by atoms with E-state index in [2.05, 4.69) is 43.1 Å². The number of hydrogen-bond donors (Lipinski definition) is 1. The van der Waals surface area contributed by atoms with Gasteiger partial charge in [-0.3, -0.25) is 4.98 Å². The van der Waals surface area contributed by atoms with Crippen molar-refractivity contribution in [1.82, 2.24) is 4.98 Å². The highest BCUT2D eigenvalue weighted by atomic mass is 32.2. The van der Waals surface area contributed by atoms with Gasteiger partial charge in [0.25, 0.3) is 0 Å². The molecule has 2 nitrogen and oxygen atoms in total. The molecular weight excluding hydrogens is 276 g/mol. The lowest BCUT2D eigenvalue weighted by atomic mass is 10.2. The Morgan fingerprint density at radius 3 is 2.52 bits per heavy atom. The van der Waals surface area contributed by atoms with Crippen molar-refractivity contribution in [2.24, 2.45) is 0 Å². The summed E-state index contributed by atoms with van der Waals surface area (Å²) in [4.78, 5) is 7.08. The van der Waals surface area contributed by atoms with Gasteiger partial charge in [0.05, 0.1) is 5.52 Å². The third kappa shape index (κ3) is 2.88. The summed E-state index contributed by atoms with van der Waals surface area (Å²) < 4.78 is 0. The van der Waals surface area contributed by atoms with E-state index in [0.29, 0.717) is 0 Å². The normalized spacial score (nSPS) is 11.0. The molecular formula is C18H18N2S. The molecule has 0 unspecified atom stereocenters. The number of nitrogens with zero attached hydrogens (tertiary/aromatic N) is 1. The molecule has 1 aromatic heterocycles. The van der Waals surface area contributed by atoms with E-state index in [1.165, 1.54) is 20.9 Å². The molecule has 0 amide bonds. The molecule has 21 heavy (non-hydrogen) atoms. The molecule has 2 aromatic carbocycles. The molecule has 3 heteroatoms. The molecule has 0 saturated carbocycles. The van der Waals surface area contributed by atoms with Crippen LogP contribution in [0.3, 0.4) is 0 Å². The molecule has 0 bridgehead atoms. The number of pyridine rings is 1. The van der Waals surface area contributed by atoms with Gasteiger partial charge in [-0.2, -0.15) is 0 Å². The zero-order chi connectivity index (χ0) is 15.0. The van der Waals surface area contributed by atoms with E-state index in [0.717, 1.165) is 22.3 Å². The molecule has 1 heterocycles. The van der Waals surface area contributed by atoms with Crippen LogP contribution < -0.4 is 5.73 Å². The number of aryl methyl sites for hydroxylation is 3. The van der Waals surface area contributed by atoms with E-state index >= 15 is 0 Å². The zero-order valence-electron chi connectivity index (χ0n) is 12.5. The summed E-state index contributed by atoms with van der Waals surface area (Å²) in [5.74, 6) is 0. The Labute approximate surface area is 129 Å². The Kier molecular flexibility index (Phi) is 3.60. The van der Waals surface area contributed by atoms with Gasteiger partial charge in [0.1, 0.15) is 0 Å². The van der Waals surface area contributed by atoms with E-state index in [1.807, 2.05) is 25.1 Å². The highest BCUT2D eigenvalue weighted by molar-refractivity contribution is 7.99. The number of rotatable bonds is 2. The number of nitrogens with two attached hydrogens (primary N) is 1. The third-order valence-corrected chi connectivity index (χ3v) is 4.70. The first-order valence-electron chi connectivity index (χ1n) is 6.95. The number of aromatic nitrogens is 1. The highest BCUT2D eigenvalue weighted by Gasteiger charge is 2.08. The van der Waals surface area contributed by atoms with Crippen LogP contribution in [0.1, 0.15) is 16.8 Å². The molecule has 3 aromatic rings. The second kappa shape index (κ2) is 5.41. The van der Waals surface area contributed by atoms with Crippen LogP contribution in [-0.4, -0.2) is 4.98 Å². The number of nitrogen functional groups attached to an aromatic ring is 1. The Balaban J connectivity index is 2.15. The minimum absolute atomic E-state index is 0.774. The van der Waals surface area contributed by atoms with Crippen molar-refractivity contribution in [3.8, 4) is 0 Å². The maximum absolute atomic E-state index is 5.94. The molecule has 0 aliphatic carbocycles. The van der Waals surface area contributed by atoms with Crippen LogP contribution in [0.15, 0.2) is 52.3 Å². The van der Waals surface area contributed by atoms with E-state index in [4.69, 9.17) is 5.73 Å². The van der Waals surface area contributed by atoms with Crippen LogP contribution >= 0.6 is 11.8 Å². The van der Waals surface area contributed by atoms with Gasteiger partial charge >= 0.3 is 0 Å². The fraction of sp³-hybridized carbons (Fsp3) is 0.167. The average molecular weight is 294 g/mol. The molecule has 0 aliphatic heterocycles. The van der Waals surface area contributed by atoms with Crippen molar-refractivity contribution < 1.29 is 0 Å². The van der Waals surface area contributed by atoms with E-state index in [9.17, 15) is 0 Å². The van der Waals surface area contributed by atoms with Crippen molar-refractivity contribution >= 4 is 28.4 Å². The minimum atomic E-state index is 0.774. The third-order valence-electron chi connectivity index (χ3n) is 3.49. The molecule has 0 aliphatic rings. The zero-order valence-corrected chi connectivity index (χ0v) is 13.3. The molecule has 3 rings (SSSR count). The second-order valence-corrected chi connectivity index (χ2v) is 6.49.